The fourth-order valence-corrected chi connectivity index (χ4v) is 4.04. The van der Waals surface area contributed by atoms with E-state index in [0.29, 0.717) is 6.42 Å². The maximum atomic E-state index is 12.4. The average Bonchev–Trinajstić information content (AvgIpc) is 3.43. The SMILES string of the molecule is CC[C@H](C)[C@H](NC(=O)c1nc(NC(=O)OCC2c3ccccc3-c3ccccc32)n[nH]1)C(=O)O. The highest BCUT2D eigenvalue weighted by molar-refractivity contribution is 5.94. The van der Waals surface area contributed by atoms with Gasteiger partial charge in [0.25, 0.3) is 11.9 Å². The molecule has 2 aromatic carbocycles. The molecule has 2 amide bonds. The molecule has 1 aliphatic rings. The van der Waals surface area contributed by atoms with Crippen LogP contribution >= 0.6 is 0 Å². The fourth-order valence-electron chi connectivity index (χ4n) is 4.04. The highest BCUT2D eigenvalue weighted by Gasteiger charge is 2.30. The number of rotatable bonds is 8. The smallest absolute Gasteiger partial charge is 0.414 e. The number of carboxylic acids is 1. The summed E-state index contributed by atoms with van der Waals surface area (Å²) in [4.78, 5) is 40.1. The standard InChI is InChI=1S/C24H25N5O5/c1-3-13(2)19(22(31)32)25-21(30)20-26-23(29-28-20)27-24(33)34-12-18-16-10-6-4-8-14(16)15-9-5-7-11-17(15)18/h4-11,13,18-19H,3,12H2,1-2H3,(H,25,30)(H,31,32)(H2,26,27,28,29,33)/t13-,19-/m0/s1. The van der Waals surface area contributed by atoms with Crippen molar-refractivity contribution in [1.29, 1.82) is 0 Å². The number of carbonyl (C=O) groups is 3. The number of ether oxygens (including phenoxy) is 1. The number of aromatic nitrogens is 3. The van der Waals surface area contributed by atoms with Gasteiger partial charge in [0.1, 0.15) is 12.6 Å². The summed E-state index contributed by atoms with van der Waals surface area (Å²) in [6, 6.07) is 14.9. The second kappa shape index (κ2) is 9.74. The van der Waals surface area contributed by atoms with Crippen molar-refractivity contribution in [3.05, 3.63) is 65.5 Å². The van der Waals surface area contributed by atoms with Crippen LogP contribution in [0.25, 0.3) is 11.1 Å². The molecule has 0 fully saturated rings. The first kappa shape index (κ1) is 23.0. The molecule has 176 valence electrons. The van der Waals surface area contributed by atoms with Gasteiger partial charge < -0.3 is 15.2 Å². The van der Waals surface area contributed by atoms with Gasteiger partial charge in [-0.1, -0.05) is 68.8 Å². The van der Waals surface area contributed by atoms with E-state index in [4.69, 9.17) is 4.74 Å². The number of hydrogen-bond acceptors (Lipinski definition) is 6. The second-order valence-corrected chi connectivity index (χ2v) is 8.13. The zero-order valence-corrected chi connectivity index (χ0v) is 18.7. The van der Waals surface area contributed by atoms with Crippen molar-refractivity contribution in [2.45, 2.75) is 32.2 Å². The number of anilines is 1. The van der Waals surface area contributed by atoms with Crippen molar-refractivity contribution in [2.75, 3.05) is 11.9 Å². The molecule has 0 unspecified atom stereocenters. The number of benzene rings is 2. The second-order valence-electron chi connectivity index (χ2n) is 8.13. The number of aliphatic carboxylic acids is 1. The van der Waals surface area contributed by atoms with Crippen molar-refractivity contribution in [1.82, 2.24) is 20.5 Å². The Morgan fingerprint density at radius 2 is 1.71 bits per heavy atom. The Bertz CT molecular complexity index is 1180. The van der Waals surface area contributed by atoms with Crippen molar-refractivity contribution in [3.8, 4) is 11.1 Å². The van der Waals surface area contributed by atoms with Crippen LogP contribution in [0.2, 0.25) is 0 Å². The Kier molecular flexibility index (Phi) is 6.58. The molecule has 0 saturated heterocycles. The minimum Gasteiger partial charge on any atom is -0.480 e. The van der Waals surface area contributed by atoms with E-state index in [1.807, 2.05) is 55.5 Å². The highest BCUT2D eigenvalue weighted by atomic mass is 16.5. The molecule has 10 heteroatoms. The molecule has 4 rings (SSSR count). The molecule has 0 radical (unpaired) electrons. The third-order valence-corrected chi connectivity index (χ3v) is 6.02. The maximum Gasteiger partial charge on any atom is 0.414 e. The summed E-state index contributed by atoms with van der Waals surface area (Å²) in [5.74, 6) is -2.62. The number of carboxylic acid groups (broad SMARTS) is 1. The first-order chi connectivity index (χ1) is 16.4. The predicted octanol–water partition coefficient (Wildman–Crippen LogP) is 3.39. The van der Waals surface area contributed by atoms with E-state index in [0.717, 1.165) is 22.3 Å². The number of nitrogens with one attached hydrogen (secondary N) is 3. The van der Waals surface area contributed by atoms with Gasteiger partial charge in [-0.2, -0.15) is 4.98 Å². The number of fused-ring (bicyclic) bond motifs is 3. The molecule has 1 aromatic heterocycles. The molecule has 3 aromatic rings. The molecule has 1 heterocycles. The van der Waals surface area contributed by atoms with E-state index in [1.54, 1.807) is 6.92 Å². The van der Waals surface area contributed by atoms with Crippen LogP contribution in [-0.2, 0) is 9.53 Å². The molecule has 0 bridgehead atoms. The van der Waals surface area contributed by atoms with Crippen LogP contribution in [0.3, 0.4) is 0 Å². The molecular weight excluding hydrogens is 438 g/mol. The van der Waals surface area contributed by atoms with E-state index < -0.39 is 24.0 Å². The zero-order chi connectivity index (χ0) is 24.2. The highest BCUT2D eigenvalue weighted by Crippen LogP contribution is 2.44. The Labute approximate surface area is 195 Å². The number of amides is 2. The molecular formula is C24H25N5O5. The molecule has 10 nitrogen and oxygen atoms in total. The number of nitrogens with zero attached hydrogens (tertiary/aromatic N) is 2. The molecule has 0 spiro atoms. The van der Waals surface area contributed by atoms with Crippen molar-refractivity contribution in [3.63, 3.8) is 0 Å². The summed E-state index contributed by atoms with van der Waals surface area (Å²) in [5, 5.41) is 20.3. The molecule has 1 aliphatic carbocycles. The maximum absolute atomic E-state index is 12.4. The van der Waals surface area contributed by atoms with E-state index in [-0.39, 0.29) is 30.2 Å². The van der Waals surface area contributed by atoms with Gasteiger partial charge in [0, 0.05) is 5.92 Å². The average molecular weight is 463 g/mol. The number of aromatic amines is 1. The largest absolute Gasteiger partial charge is 0.480 e. The van der Waals surface area contributed by atoms with Crippen LogP contribution in [0.5, 0.6) is 0 Å². The van der Waals surface area contributed by atoms with E-state index >= 15 is 0 Å². The summed E-state index contributed by atoms with van der Waals surface area (Å²) in [7, 11) is 0. The molecule has 34 heavy (non-hydrogen) atoms. The Morgan fingerprint density at radius 1 is 1.09 bits per heavy atom. The van der Waals surface area contributed by atoms with Crippen LogP contribution in [0, 0.1) is 5.92 Å². The first-order valence-electron chi connectivity index (χ1n) is 11.0. The topological polar surface area (TPSA) is 146 Å². The number of H-pyrrole nitrogens is 1. The minimum absolute atomic E-state index is 0.0971. The van der Waals surface area contributed by atoms with Crippen LogP contribution in [0.1, 0.15) is 47.9 Å². The fraction of sp³-hybridized carbons (Fsp3) is 0.292. The number of carbonyl (C=O) groups excluding carboxylic acids is 2. The van der Waals surface area contributed by atoms with Gasteiger partial charge in [0.05, 0.1) is 0 Å². The third-order valence-electron chi connectivity index (χ3n) is 6.02. The van der Waals surface area contributed by atoms with Gasteiger partial charge in [-0.25, -0.2) is 9.59 Å². The van der Waals surface area contributed by atoms with Gasteiger partial charge >= 0.3 is 12.1 Å². The Balaban J connectivity index is 1.37. The summed E-state index contributed by atoms with van der Waals surface area (Å²) < 4.78 is 5.43. The van der Waals surface area contributed by atoms with E-state index in [2.05, 4.69) is 25.8 Å². The van der Waals surface area contributed by atoms with Gasteiger partial charge in [0.15, 0.2) is 0 Å². The van der Waals surface area contributed by atoms with Crippen molar-refractivity contribution >= 4 is 23.9 Å². The molecule has 2 atom stereocenters. The summed E-state index contributed by atoms with van der Waals surface area (Å²) in [5.41, 5.74) is 4.41. The van der Waals surface area contributed by atoms with Crippen LogP contribution in [-0.4, -0.2) is 50.9 Å². The van der Waals surface area contributed by atoms with Crippen molar-refractivity contribution < 1.29 is 24.2 Å². The van der Waals surface area contributed by atoms with E-state index in [9.17, 15) is 19.5 Å². The third kappa shape index (κ3) is 4.61. The molecule has 0 saturated carbocycles. The number of hydrogen-bond donors (Lipinski definition) is 4. The summed E-state index contributed by atoms with van der Waals surface area (Å²) in [6.07, 6.45) is -0.196. The van der Waals surface area contributed by atoms with Crippen LogP contribution < -0.4 is 10.6 Å². The van der Waals surface area contributed by atoms with Gasteiger partial charge in [0.2, 0.25) is 5.82 Å². The van der Waals surface area contributed by atoms with Crippen LogP contribution in [0.15, 0.2) is 48.5 Å². The van der Waals surface area contributed by atoms with Crippen molar-refractivity contribution in [2.24, 2.45) is 5.92 Å². The monoisotopic (exact) mass is 463 g/mol. The molecule has 0 aliphatic heterocycles. The lowest BCUT2D eigenvalue weighted by molar-refractivity contribution is -0.140. The zero-order valence-electron chi connectivity index (χ0n) is 18.7. The summed E-state index contributed by atoms with van der Waals surface area (Å²) >= 11 is 0. The predicted molar refractivity (Wildman–Crippen MR) is 123 cm³/mol. The Morgan fingerprint density at radius 3 is 2.29 bits per heavy atom. The summed E-state index contributed by atoms with van der Waals surface area (Å²) in [6.45, 7) is 3.67. The quantitative estimate of drug-likeness (QED) is 0.400. The minimum atomic E-state index is -1.14. The van der Waals surface area contributed by atoms with Gasteiger partial charge in [-0.15, -0.1) is 5.10 Å². The van der Waals surface area contributed by atoms with Gasteiger partial charge in [-0.05, 0) is 28.2 Å². The first-order valence-corrected chi connectivity index (χ1v) is 11.0. The normalized spacial score (nSPS) is 13.9. The van der Waals surface area contributed by atoms with E-state index in [1.165, 1.54) is 0 Å². The lowest BCUT2D eigenvalue weighted by Crippen LogP contribution is -2.45. The molecule has 4 N–H and O–H groups in total. The van der Waals surface area contributed by atoms with Gasteiger partial charge in [-0.3, -0.25) is 15.2 Å². The lowest BCUT2D eigenvalue weighted by atomic mass is 9.98. The van der Waals surface area contributed by atoms with Crippen LogP contribution in [0.4, 0.5) is 10.7 Å². The Hall–Kier alpha value is -4.21. The lowest BCUT2D eigenvalue weighted by Gasteiger charge is -2.19.